The van der Waals surface area contributed by atoms with Crippen LogP contribution >= 0.6 is 57.9 Å². The Morgan fingerprint density at radius 2 is 2.00 bits per heavy atom. The summed E-state index contributed by atoms with van der Waals surface area (Å²) in [4.78, 5) is 11.8. The molecular weight excluding hydrogens is 349 g/mol. The van der Waals surface area contributed by atoms with E-state index < -0.39 is 0 Å². The summed E-state index contributed by atoms with van der Waals surface area (Å²) in [7, 11) is 0. The zero-order chi connectivity index (χ0) is 13.8. The number of nitrogens with zero attached hydrogens (tertiary/aromatic N) is 2. The molecule has 1 aromatic heterocycles. The minimum Gasteiger partial charge on any atom is -0.323 e. The molecule has 19 heavy (non-hydrogen) atoms. The van der Waals surface area contributed by atoms with Gasteiger partial charge in [-0.1, -0.05) is 57.9 Å². The Bertz CT molecular complexity index is 569. The third-order valence-electron chi connectivity index (χ3n) is 1.94. The molecule has 0 bridgehead atoms. The first kappa shape index (κ1) is 14.9. The number of rotatable bonds is 4. The van der Waals surface area contributed by atoms with E-state index in [0.29, 0.717) is 20.8 Å². The molecule has 9 heteroatoms. The molecule has 0 aliphatic carbocycles. The summed E-state index contributed by atoms with van der Waals surface area (Å²) < 4.78 is 0.725. The van der Waals surface area contributed by atoms with E-state index in [9.17, 15) is 4.79 Å². The Morgan fingerprint density at radius 3 is 2.58 bits per heavy atom. The summed E-state index contributed by atoms with van der Waals surface area (Å²) in [6, 6.07) is 3.03. The van der Waals surface area contributed by atoms with Crippen LogP contribution in [0.25, 0.3) is 0 Å². The van der Waals surface area contributed by atoms with Crippen LogP contribution < -0.4 is 5.32 Å². The van der Waals surface area contributed by atoms with Crippen molar-refractivity contribution in [3.63, 3.8) is 0 Å². The van der Waals surface area contributed by atoms with Gasteiger partial charge in [0, 0.05) is 5.02 Å². The highest BCUT2D eigenvalue weighted by molar-refractivity contribution is 8.01. The summed E-state index contributed by atoms with van der Waals surface area (Å²) in [5.74, 6) is -0.0314. The predicted molar refractivity (Wildman–Crippen MR) is 80.7 cm³/mol. The van der Waals surface area contributed by atoms with Crippen LogP contribution in [0.5, 0.6) is 0 Å². The Morgan fingerprint density at radius 1 is 1.32 bits per heavy atom. The maximum Gasteiger partial charge on any atom is 0.234 e. The maximum absolute atomic E-state index is 11.8. The summed E-state index contributed by atoms with van der Waals surface area (Å²) in [6.07, 6.45) is 0. The molecular formula is C10H6Cl3N3OS2. The van der Waals surface area contributed by atoms with Gasteiger partial charge in [0.25, 0.3) is 0 Å². The summed E-state index contributed by atoms with van der Waals surface area (Å²) in [5, 5.41) is 11.2. The molecule has 2 aromatic rings. The van der Waals surface area contributed by atoms with Crippen LogP contribution in [0.4, 0.5) is 5.69 Å². The topological polar surface area (TPSA) is 54.9 Å². The minimum atomic E-state index is -0.230. The first-order chi connectivity index (χ1) is 9.06. The number of carbonyl (C=O) groups excluding carboxylic acids is 1. The predicted octanol–water partition coefficient (Wildman–Crippen LogP) is 4.23. The smallest absolute Gasteiger partial charge is 0.234 e. The summed E-state index contributed by atoms with van der Waals surface area (Å²) in [6.45, 7) is 0. The fraction of sp³-hybridized carbons (Fsp3) is 0.100. The third kappa shape index (κ3) is 4.22. The highest BCUT2D eigenvalue weighted by Crippen LogP contribution is 2.33. The van der Waals surface area contributed by atoms with E-state index in [1.807, 2.05) is 0 Å². The van der Waals surface area contributed by atoms with Crippen LogP contribution in [-0.2, 0) is 4.79 Å². The minimum absolute atomic E-state index is 0.199. The lowest BCUT2D eigenvalue weighted by atomic mass is 10.3. The number of carbonyl (C=O) groups is 1. The molecule has 0 spiro atoms. The van der Waals surface area contributed by atoms with Gasteiger partial charge in [-0.3, -0.25) is 4.79 Å². The molecule has 0 saturated heterocycles. The second kappa shape index (κ2) is 6.76. The second-order valence-electron chi connectivity index (χ2n) is 3.29. The normalized spacial score (nSPS) is 10.5. The van der Waals surface area contributed by atoms with E-state index >= 15 is 0 Å². The van der Waals surface area contributed by atoms with Crippen LogP contribution in [-0.4, -0.2) is 21.9 Å². The zero-order valence-electron chi connectivity index (χ0n) is 9.19. The lowest BCUT2D eigenvalue weighted by Gasteiger charge is -2.09. The molecule has 1 N–H and O–H groups in total. The lowest BCUT2D eigenvalue weighted by molar-refractivity contribution is -0.113. The van der Waals surface area contributed by atoms with E-state index in [4.69, 9.17) is 34.8 Å². The highest BCUT2D eigenvalue weighted by Gasteiger charge is 2.12. The quantitative estimate of drug-likeness (QED) is 0.835. The number of benzene rings is 1. The molecule has 0 saturated carbocycles. The van der Waals surface area contributed by atoms with Crippen LogP contribution in [0.3, 0.4) is 0 Å². The van der Waals surface area contributed by atoms with Crippen molar-refractivity contribution in [1.82, 2.24) is 10.2 Å². The largest absolute Gasteiger partial charge is 0.323 e. The lowest BCUT2D eigenvalue weighted by Crippen LogP contribution is -2.14. The van der Waals surface area contributed by atoms with Gasteiger partial charge in [-0.2, -0.15) is 0 Å². The molecule has 0 aliphatic rings. The average molecular weight is 355 g/mol. The number of nitrogens with one attached hydrogen (secondary N) is 1. The Kier molecular flexibility index (Phi) is 5.29. The zero-order valence-corrected chi connectivity index (χ0v) is 13.1. The number of amides is 1. The molecule has 0 aliphatic heterocycles. The number of hydrogen-bond acceptors (Lipinski definition) is 5. The van der Waals surface area contributed by atoms with Crippen molar-refractivity contribution in [1.29, 1.82) is 0 Å². The molecule has 0 radical (unpaired) electrons. The van der Waals surface area contributed by atoms with E-state index in [1.54, 1.807) is 5.51 Å². The molecule has 0 unspecified atom stereocenters. The van der Waals surface area contributed by atoms with Gasteiger partial charge in [0.1, 0.15) is 5.51 Å². The number of aromatic nitrogens is 2. The molecule has 1 heterocycles. The molecule has 1 amide bonds. The van der Waals surface area contributed by atoms with Crippen molar-refractivity contribution in [2.45, 2.75) is 4.34 Å². The number of anilines is 1. The Labute approximate surface area is 132 Å². The standard InChI is InChI=1S/C10H6Cl3N3OS2/c11-5-1-6(12)9(7(13)2-5)15-8(17)3-18-10-16-14-4-19-10/h1-2,4H,3H2,(H,15,17). The van der Waals surface area contributed by atoms with Crippen molar-refractivity contribution in [3.05, 3.63) is 32.7 Å². The SMILES string of the molecule is O=C(CSc1nncs1)Nc1c(Cl)cc(Cl)cc1Cl. The maximum atomic E-state index is 11.8. The van der Waals surface area contributed by atoms with Crippen LogP contribution in [0.2, 0.25) is 15.1 Å². The van der Waals surface area contributed by atoms with Crippen molar-refractivity contribution >= 4 is 69.5 Å². The monoisotopic (exact) mass is 353 g/mol. The molecule has 0 fully saturated rings. The van der Waals surface area contributed by atoms with Crippen molar-refractivity contribution in [2.24, 2.45) is 0 Å². The van der Waals surface area contributed by atoms with Gasteiger partial charge in [0.05, 0.1) is 21.5 Å². The van der Waals surface area contributed by atoms with Crippen molar-refractivity contribution in [3.8, 4) is 0 Å². The van der Waals surface area contributed by atoms with Crippen LogP contribution in [0.15, 0.2) is 22.0 Å². The van der Waals surface area contributed by atoms with Gasteiger partial charge in [0.15, 0.2) is 4.34 Å². The van der Waals surface area contributed by atoms with Gasteiger partial charge in [-0.15, -0.1) is 10.2 Å². The molecule has 1 aromatic carbocycles. The van der Waals surface area contributed by atoms with Gasteiger partial charge >= 0.3 is 0 Å². The van der Waals surface area contributed by atoms with E-state index in [1.165, 1.54) is 35.2 Å². The van der Waals surface area contributed by atoms with E-state index in [-0.39, 0.29) is 11.7 Å². The van der Waals surface area contributed by atoms with Crippen LogP contribution in [0.1, 0.15) is 0 Å². The molecule has 100 valence electrons. The molecule has 0 atom stereocenters. The first-order valence-corrected chi connectivity index (χ1v) is 7.89. The van der Waals surface area contributed by atoms with Crippen LogP contribution in [0, 0.1) is 0 Å². The van der Waals surface area contributed by atoms with Crippen molar-refractivity contribution < 1.29 is 4.79 Å². The Hall–Kier alpha value is -0.530. The van der Waals surface area contributed by atoms with Gasteiger partial charge in [0.2, 0.25) is 5.91 Å². The number of thioether (sulfide) groups is 1. The molecule has 2 rings (SSSR count). The highest BCUT2D eigenvalue weighted by atomic mass is 35.5. The summed E-state index contributed by atoms with van der Waals surface area (Å²) >= 11 is 20.4. The molecule has 4 nitrogen and oxygen atoms in total. The summed E-state index contributed by atoms with van der Waals surface area (Å²) in [5.41, 5.74) is 1.96. The van der Waals surface area contributed by atoms with Crippen molar-refractivity contribution in [2.75, 3.05) is 11.1 Å². The fourth-order valence-electron chi connectivity index (χ4n) is 1.19. The van der Waals surface area contributed by atoms with Gasteiger partial charge in [-0.05, 0) is 12.1 Å². The Balaban J connectivity index is 1.99. The van der Waals surface area contributed by atoms with E-state index in [2.05, 4.69) is 15.5 Å². The number of halogens is 3. The van der Waals surface area contributed by atoms with Gasteiger partial charge < -0.3 is 5.32 Å². The second-order valence-corrected chi connectivity index (χ2v) is 6.59. The number of hydrogen-bond donors (Lipinski definition) is 1. The van der Waals surface area contributed by atoms with Gasteiger partial charge in [-0.25, -0.2) is 0 Å². The third-order valence-corrected chi connectivity index (χ3v) is 4.61. The average Bonchev–Trinajstić information content (AvgIpc) is 2.84. The fourth-order valence-corrected chi connectivity index (χ4v) is 3.39. The van der Waals surface area contributed by atoms with E-state index in [0.717, 1.165) is 4.34 Å². The first-order valence-electron chi connectivity index (χ1n) is 4.89.